The van der Waals surface area contributed by atoms with Gasteiger partial charge in [-0.3, -0.25) is 4.90 Å². The Kier molecular flexibility index (Phi) is 6.06. The van der Waals surface area contributed by atoms with Crippen molar-refractivity contribution in [2.24, 2.45) is 5.73 Å². The van der Waals surface area contributed by atoms with Crippen LogP contribution < -0.4 is 10.5 Å². The van der Waals surface area contributed by atoms with Gasteiger partial charge in [-0.05, 0) is 38.6 Å². The van der Waals surface area contributed by atoms with Crippen molar-refractivity contribution in [1.82, 2.24) is 4.90 Å². The molecule has 1 aromatic carbocycles. The summed E-state index contributed by atoms with van der Waals surface area (Å²) in [6.07, 6.45) is 1.41. The highest BCUT2D eigenvalue weighted by molar-refractivity contribution is 5.39. The lowest BCUT2D eigenvalue weighted by molar-refractivity contribution is 0.0787. The van der Waals surface area contributed by atoms with Crippen LogP contribution in [0.4, 0.5) is 0 Å². The van der Waals surface area contributed by atoms with Gasteiger partial charge in [0.2, 0.25) is 0 Å². The molecule has 0 bridgehead atoms. The monoisotopic (exact) mass is 288 g/mol. The van der Waals surface area contributed by atoms with Gasteiger partial charge in [0.15, 0.2) is 0 Å². The first-order valence-electron chi connectivity index (χ1n) is 7.44. The Balaban J connectivity index is 1.80. The summed E-state index contributed by atoms with van der Waals surface area (Å²) in [6, 6.07) is 8.31. The van der Waals surface area contributed by atoms with Gasteiger partial charge in [-0.25, -0.2) is 0 Å². The van der Waals surface area contributed by atoms with Crippen molar-refractivity contribution in [3.63, 3.8) is 0 Å². The molecule has 1 saturated heterocycles. The van der Waals surface area contributed by atoms with E-state index in [2.05, 4.69) is 30.7 Å². The Morgan fingerprint density at radius 2 is 2.33 bits per heavy atom. The van der Waals surface area contributed by atoms with Crippen LogP contribution in [0.15, 0.2) is 24.3 Å². The highest BCUT2D eigenvalue weighted by atomic mass is 16.5. The van der Waals surface area contributed by atoms with E-state index in [1.165, 1.54) is 0 Å². The molecular formula is C17H24N2O2. The molecule has 0 spiro atoms. The van der Waals surface area contributed by atoms with Crippen LogP contribution in [0.3, 0.4) is 0 Å². The number of likely N-dealkylation sites (N-methyl/N-ethyl adjacent to an activating group) is 1. The predicted octanol–water partition coefficient (Wildman–Crippen LogP) is 1.48. The summed E-state index contributed by atoms with van der Waals surface area (Å²) >= 11 is 0. The second-order valence-corrected chi connectivity index (χ2v) is 5.29. The Bertz CT molecular complexity index is 507. The topological polar surface area (TPSA) is 47.7 Å². The number of rotatable bonds is 5. The molecule has 0 aliphatic carbocycles. The minimum Gasteiger partial charge on any atom is -0.492 e. The SMILES string of the molecule is CC1OCCC1N(C)CCOc1cccc(C#CCN)c1. The highest BCUT2D eigenvalue weighted by Gasteiger charge is 2.27. The number of benzene rings is 1. The van der Waals surface area contributed by atoms with Crippen LogP contribution in [-0.4, -0.2) is 50.4 Å². The molecule has 2 atom stereocenters. The highest BCUT2D eigenvalue weighted by Crippen LogP contribution is 2.18. The molecule has 1 heterocycles. The zero-order valence-corrected chi connectivity index (χ0v) is 12.8. The molecule has 1 aromatic rings. The van der Waals surface area contributed by atoms with Crippen LogP contribution in [0.2, 0.25) is 0 Å². The number of nitrogens with two attached hydrogens (primary N) is 1. The standard InChI is InChI=1S/C17H24N2O2/c1-14-17(8-11-20-14)19(2)10-12-21-16-7-3-5-15(13-16)6-4-9-18/h3,5,7,13-14,17H,8-12,18H2,1-2H3. The Morgan fingerprint density at radius 1 is 1.48 bits per heavy atom. The van der Waals surface area contributed by atoms with E-state index in [0.717, 1.165) is 30.9 Å². The van der Waals surface area contributed by atoms with Gasteiger partial charge in [0, 0.05) is 24.8 Å². The van der Waals surface area contributed by atoms with Gasteiger partial charge in [0.1, 0.15) is 12.4 Å². The summed E-state index contributed by atoms with van der Waals surface area (Å²) in [5.74, 6) is 6.71. The summed E-state index contributed by atoms with van der Waals surface area (Å²) in [5, 5.41) is 0. The van der Waals surface area contributed by atoms with Crippen molar-refractivity contribution in [2.75, 3.05) is 33.4 Å². The second kappa shape index (κ2) is 8.04. The summed E-state index contributed by atoms with van der Waals surface area (Å²) in [5.41, 5.74) is 6.31. The molecule has 0 radical (unpaired) electrons. The zero-order chi connectivity index (χ0) is 15.1. The van der Waals surface area contributed by atoms with Crippen LogP contribution in [-0.2, 0) is 4.74 Å². The number of nitrogens with zero attached hydrogens (tertiary/aromatic N) is 1. The molecule has 4 heteroatoms. The van der Waals surface area contributed by atoms with Crippen LogP contribution in [0.5, 0.6) is 5.75 Å². The molecule has 4 nitrogen and oxygen atoms in total. The van der Waals surface area contributed by atoms with Gasteiger partial charge in [-0.2, -0.15) is 0 Å². The van der Waals surface area contributed by atoms with Crippen molar-refractivity contribution < 1.29 is 9.47 Å². The largest absolute Gasteiger partial charge is 0.492 e. The van der Waals surface area contributed by atoms with Crippen molar-refractivity contribution in [3.05, 3.63) is 29.8 Å². The van der Waals surface area contributed by atoms with Gasteiger partial charge >= 0.3 is 0 Å². The third-order valence-corrected chi connectivity index (χ3v) is 3.78. The van der Waals surface area contributed by atoms with Crippen LogP contribution in [0.25, 0.3) is 0 Å². The average molecular weight is 288 g/mol. The molecule has 1 aliphatic rings. The van der Waals surface area contributed by atoms with Gasteiger partial charge < -0.3 is 15.2 Å². The summed E-state index contributed by atoms with van der Waals surface area (Å²) in [6.45, 7) is 4.91. The first kappa shape index (κ1) is 15.8. The van der Waals surface area contributed by atoms with E-state index in [-0.39, 0.29) is 0 Å². The van der Waals surface area contributed by atoms with Crippen molar-refractivity contribution in [2.45, 2.75) is 25.5 Å². The van der Waals surface area contributed by atoms with E-state index >= 15 is 0 Å². The predicted molar refractivity (Wildman–Crippen MR) is 84.3 cm³/mol. The summed E-state index contributed by atoms with van der Waals surface area (Å²) in [4.78, 5) is 2.32. The van der Waals surface area contributed by atoms with Gasteiger partial charge in [0.05, 0.1) is 12.6 Å². The lowest BCUT2D eigenvalue weighted by Crippen LogP contribution is -2.39. The van der Waals surface area contributed by atoms with Crippen LogP contribution in [0, 0.1) is 11.8 Å². The molecule has 0 amide bonds. The third kappa shape index (κ3) is 4.75. The number of hydrogen-bond donors (Lipinski definition) is 1. The second-order valence-electron chi connectivity index (χ2n) is 5.29. The van der Waals surface area contributed by atoms with Crippen LogP contribution >= 0.6 is 0 Å². The third-order valence-electron chi connectivity index (χ3n) is 3.78. The lowest BCUT2D eigenvalue weighted by Gasteiger charge is -2.26. The first-order chi connectivity index (χ1) is 10.2. The van der Waals surface area contributed by atoms with E-state index in [1.54, 1.807) is 0 Å². The van der Waals surface area contributed by atoms with E-state index in [9.17, 15) is 0 Å². The number of ether oxygens (including phenoxy) is 2. The van der Waals surface area contributed by atoms with Crippen molar-refractivity contribution in [1.29, 1.82) is 0 Å². The zero-order valence-electron chi connectivity index (χ0n) is 12.8. The van der Waals surface area contributed by atoms with E-state index in [1.807, 2.05) is 24.3 Å². The molecule has 1 aliphatic heterocycles. The molecule has 2 unspecified atom stereocenters. The maximum atomic E-state index is 5.81. The molecule has 2 rings (SSSR count). The molecule has 0 saturated carbocycles. The fourth-order valence-electron chi connectivity index (χ4n) is 2.59. The maximum absolute atomic E-state index is 5.81. The fourth-order valence-corrected chi connectivity index (χ4v) is 2.59. The van der Waals surface area contributed by atoms with Crippen molar-refractivity contribution in [3.8, 4) is 17.6 Å². The molecule has 21 heavy (non-hydrogen) atoms. The Morgan fingerprint density at radius 3 is 3.05 bits per heavy atom. The van der Waals surface area contributed by atoms with Crippen molar-refractivity contribution >= 4 is 0 Å². The Hall–Kier alpha value is -1.54. The lowest BCUT2D eigenvalue weighted by atomic mass is 10.1. The number of hydrogen-bond acceptors (Lipinski definition) is 4. The van der Waals surface area contributed by atoms with E-state index < -0.39 is 0 Å². The van der Waals surface area contributed by atoms with Crippen LogP contribution in [0.1, 0.15) is 18.9 Å². The van der Waals surface area contributed by atoms with Gasteiger partial charge in [0.25, 0.3) is 0 Å². The molecule has 0 aromatic heterocycles. The average Bonchev–Trinajstić information content (AvgIpc) is 2.92. The summed E-state index contributed by atoms with van der Waals surface area (Å²) < 4.78 is 11.4. The minimum atomic E-state index is 0.310. The fraction of sp³-hybridized carbons (Fsp3) is 0.529. The summed E-state index contributed by atoms with van der Waals surface area (Å²) in [7, 11) is 2.13. The van der Waals surface area contributed by atoms with E-state index in [0.29, 0.717) is 25.3 Å². The minimum absolute atomic E-state index is 0.310. The Labute approximate surface area is 127 Å². The van der Waals surface area contributed by atoms with E-state index in [4.69, 9.17) is 15.2 Å². The normalized spacial score (nSPS) is 21.1. The van der Waals surface area contributed by atoms with Gasteiger partial charge in [-0.1, -0.05) is 17.9 Å². The molecular weight excluding hydrogens is 264 g/mol. The molecule has 2 N–H and O–H groups in total. The maximum Gasteiger partial charge on any atom is 0.120 e. The molecule has 114 valence electrons. The molecule has 1 fully saturated rings. The van der Waals surface area contributed by atoms with Gasteiger partial charge in [-0.15, -0.1) is 0 Å². The first-order valence-corrected chi connectivity index (χ1v) is 7.44. The quantitative estimate of drug-likeness (QED) is 0.834. The smallest absolute Gasteiger partial charge is 0.120 e.